The molecule has 0 bridgehead atoms. The Morgan fingerprint density at radius 1 is 1.04 bits per heavy atom. The minimum Gasteiger partial charge on any atom is -0.374 e. The van der Waals surface area contributed by atoms with Gasteiger partial charge in [0.15, 0.2) is 0 Å². The highest BCUT2D eigenvalue weighted by molar-refractivity contribution is 7.92. The third kappa shape index (κ3) is 5.24. The number of sulfonamides is 1. The Morgan fingerprint density at radius 3 is 2.21 bits per heavy atom. The number of carbonyl (C=O) groups excluding carboxylic acids is 1. The molecule has 24 heavy (non-hydrogen) atoms. The Bertz CT molecular complexity index is 823. The van der Waals surface area contributed by atoms with Gasteiger partial charge in [-0.1, -0.05) is 12.1 Å². The van der Waals surface area contributed by atoms with E-state index in [1.165, 1.54) is 12.1 Å². The summed E-state index contributed by atoms with van der Waals surface area (Å²) in [5, 5.41) is 5.46. The van der Waals surface area contributed by atoms with Crippen molar-refractivity contribution in [3.8, 4) is 0 Å². The standard InChI is InChI=1S/C16H18FN3O3S/c1-11(16(21)19-15-6-4-3-5-14(15)17)18-12-7-9-13(10-8-12)20-24(2,22)23/h3-11,18,20H,1-2H3,(H,19,21)/t11-/m0/s1. The molecule has 8 heteroatoms. The van der Waals surface area contributed by atoms with Gasteiger partial charge in [-0.2, -0.15) is 0 Å². The van der Waals surface area contributed by atoms with E-state index in [9.17, 15) is 17.6 Å². The van der Waals surface area contributed by atoms with Crippen LogP contribution in [-0.2, 0) is 14.8 Å². The molecule has 3 N–H and O–H groups in total. The van der Waals surface area contributed by atoms with Gasteiger partial charge in [0.25, 0.3) is 0 Å². The Morgan fingerprint density at radius 2 is 1.62 bits per heavy atom. The van der Waals surface area contributed by atoms with Crippen molar-refractivity contribution in [2.45, 2.75) is 13.0 Å². The SMILES string of the molecule is C[C@H](Nc1ccc(NS(C)(=O)=O)cc1)C(=O)Nc1ccccc1F. The van der Waals surface area contributed by atoms with E-state index >= 15 is 0 Å². The molecule has 2 rings (SSSR count). The number of hydrogen-bond acceptors (Lipinski definition) is 4. The number of halogens is 1. The van der Waals surface area contributed by atoms with Crippen LogP contribution < -0.4 is 15.4 Å². The fourth-order valence-corrected chi connectivity index (χ4v) is 2.53. The molecule has 2 aromatic carbocycles. The molecule has 0 spiro atoms. The second-order valence-electron chi connectivity index (χ2n) is 5.29. The molecular formula is C16H18FN3O3S. The van der Waals surface area contributed by atoms with E-state index in [1.807, 2.05) is 0 Å². The molecular weight excluding hydrogens is 333 g/mol. The maximum absolute atomic E-state index is 13.5. The molecule has 0 aliphatic heterocycles. The van der Waals surface area contributed by atoms with Gasteiger partial charge in [0.2, 0.25) is 15.9 Å². The molecule has 6 nitrogen and oxygen atoms in total. The summed E-state index contributed by atoms with van der Waals surface area (Å²) in [7, 11) is -3.34. The topological polar surface area (TPSA) is 87.3 Å². The summed E-state index contributed by atoms with van der Waals surface area (Å²) < 4.78 is 38.2. The molecule has 0 radical (unpaired) electrons. The highest BCUT2D eigenvalue weighted by Crippen LogP contribution is 2.16. The Kier molecular flexibility index (Phi) is 5.40. The van der Waals surface area contributed by atoms with E-state index < -0.39 is 27.8 Å². The number of benzene rings is 2. The fraction of sp³-hybridized carbons (Fsp3) is 0.188. The lowest BCUT2D eigenvalue weighted by molar-refractivity contribution is -0.116. The third-order valence-electron chi connectivity index (χ3n) is 3.10. The van der Waals surface area contributed by atoms with E-state index in [1.54, 1.807) is 43.3 Å². The smallest absolute Gasteiger partial charge is 0.246 e. The first kappa shape index (κ1) is 17.7. The van der Waals surface area contributed by atoms with E-state index in [0.717, 1.165) is 6.26 Å². The van der Waals surface area contributed by atoms with Crippen LogP contribution in [0.2, 0.25) is 0 Å². The number of carbonyl (C=O) groups is 1. The van der Waals surface area contributed by atoms with Crippen molar-refractivity contribution in [3.63, 3.8) is 0 Å². The first-order valence-electron chi connectivity index (χ1n) is 7.14. The van der Waals surface area contributed by atoms with Gasteiger partial charge in [-0.15, -0.1) is 0 Å². The van der Waals surface area contributed by atoms with Crippen LogP contribution in [0.1, 0.15) is 6.92 Å². The zero-order chi connectivity index (χ0) is 17.7. The van der Waals surface area contributed by atoms with Gasteiger partial charge in [0.05, 0.1) is 11.9 Å². The fourth-order valence-electron chi connectivity index (χ4n) is 1.97. The number of amides is 1. The summed E-state index contributed by atoms with van der Waals surface area (Å²) in [5.74, 6) is -0.896. The molecule has 128 valence electrons. The summed E-state index contributed by atoms with van der Waals surface area (Å²) >= 11 is 0. The van der Waals surface area contributed by atoms with Crippen molar-refractivity contribution in [1.29, 1.82) is 0 Å². The molecule has 0 saturated heterocycles. The summed E-state index contributed by atoms with van der Waals surface area (Å²) in [5.41, 5.74) is 1.17. The van der Waals surface area contributed by atoms with Gasteiger partial charge in [0, 0.05) is 11.4 Å². The van der Waals surface area contributed by atoms with Crippen LogP contribution >= 0.6 is 0 Å². The van der Waals surface area contributed by atoms with Crippen LogP contribution in [-0.4, -0.2) is 26.6 Å². The van der Waals surface area contributed by atoms with E-state index in [2.05, 4.69) is 15.4 Å². The number of rotatable bonds is 6. The molecule has 0 aliphatic carbocycles. The van der Waals surface area contributed by atoms with E-state index in [0.29, 0.717) is 11.4 Å². The second kappa shape index (κ2) is 7.31. The first-order valence-corrected chi connectivity index (χ1v) is 9.03. The number of anilines is 3. The van der Waals surface area contributed by atoms with Crippen molar-refractivity contribution in [3.05, 3.63) is 54.3 Å². The monoisotopic (exact) mass is 351 g/mol. The lowest BCUT2D eigenvalue weighted by Crippen LogP contribution is -2.32. The highest BCUT2D eigenvalue weighted by Gasteiger charge is 2.14. The van der Waals surface area contributed by atoms with E-state index in [4.69, 9.17) is 0 Å². The predicted octanol–water partition coefficient (Wildman–Crippen LogP) is 2.64. The van der Waals surface area contributed by atoms with Gasteiger partial charge < -0.3 is 10.6 Å². The van der Waals surface area contributed by atoms with Crippen LogP contribution in [0.25, 0.3) is 0 Å². The molecule has 0 fully saturated rings. The van der Waals surface area contributed by atoms with Gasteiger partial charge >= 0.3 is 0 Å². The van der Waals surface area contributed by atoms with Crippen LogP contribution in [0.15, 0.2) is 48.5 Å². The second-order valence-corrected chi connectivity index (χ2v) is 7.04. The van der Waals surface area contributed by atoms with Crippen LogP contribution in [0.3, 0.4) is 0 Å². The number of nitrogens with one attached hydrogen (secondary N) is 3. The quantitative estimate of drug-likeness (QED) is 0.747. The minimum absolute atomic E-state index is 0.115. The summed E-state index contributed by atoms with van der Waals surface area (Å²) in [6, 6.07) is 11.7. The van der Waals surface area contributed by atoms with Crippen LogP contribution in [0, 0.1) is 5.82 Å². The zero-order valence-corrected chi connectivity index (χ0v) is 14.0. The zero-order valence-electron chi connectivity index (χ0n) is 13.2. The van der Waals surface area contributed by atoms with E-state index in [-0.39, 0.29) is 5.69 Å². The van der Waals surface area contributed by atoms with Gasteiger partial charge in [-0.3, -0.25) is 9.52 Å². The highest BCUT2D eigenvalue weighted by atomic mass is 32.2. The third-order valence-corrected chi connectivity index (χ3v) is 3.70. The Balaban J connectivity index is 1.97. The van der Waals surface area contributed by atoms with Crippen LogP contribution in [0.5, 0.6) is 0 Å². The molecule has 0 aliphatic rings. The molecule has 0 heterocycles. The maximum atomic E-state index is 13.5. The molecule has 0 unspecified atom stereocenters. The molecule has 1 atom stereocenters. The summed E-state index contributed by atoms with van der Waals surface area (Å²) in [4.78, 5) is 12.1. The van der Waals surface area contributed by atoms with Crippen molar-refractivity contribution < 1.29 is 17.6 Å². The largest absolute Gasteiger partial charge is 0.374 e. The van der Waals surface area contributed by atoms with Crippen molar-refractivity contribution >= 4 is 33.0 Å². The number of para-hydroxylation sites is 1. The predicted molar refractivity (Wildman–Crippen MR) is 93.0 cm³/mol. The number of hydrogen-bond donors (Lipinski definition) is 3. The maximum Gasteiger partial charge on any atom is 0.246 e. The van der Waals surface area contributed by atoms with Crippen molar-refractivity contribution in [2.75, 3.05) is 21.6 Å². The molecule has 0 aromatic heterocycles. The average Bonchev–Trinajstić information content (AvgIpc) is 2.50. The molecule has 0 saturated carbocycles. The van der Waals surface area contributed by atoms with Crippen LogP contribution in [0.4, 0.5) is 21.5 Å². The Labute approximate surface area is 140 Å². The average molecular weight is 351 g/mol. The Hall–Kier alpha value is -2.61. The first-order chi connectivity index (χ1) is 11.2. The summed E-state index contributed by atoms with van der Waals surface area (Å²) in [6.07, 6.45) is 1.06. The van der Waals surface area contributed by atoms with Crippen molar-refractivity contribution in [1.82, 2.24) is 0 Å². The lowest BCUT2D eigenvalue weighted by Gasteiger charge is -2.16. The summed E-state index contributed by atoms with van der Waals surface area (Å²) in [6.45, 7) is 1.64. The normalized spacial score (nSPS) is 12.3. The molecule has 2 aromatic rings. The minimum atomic E-state index is -3.34. The van der Waals surface area contributed by atoms with Crippen molar-refractivity contribution in [2.24, 2.45) is 0 Å². The molecule has 1 amide bonds. The van der Waals surface area contributed by atoms with Gasteiger partial charge in [0.1, 0.15) is 11.9 Å². The lowest BCUT2D eigenvalue weighted by atomic mass is 10.2. The van der Waals surface area contributed by atoms with Gasteiger partial charge in [-0.05, 0) is 43.3 Å². The van der Waals surface area contributed by atoms with Gasteiger partial charge in [-0.25, -0.2) is 12.8 Å².